The van der Waals surface area contributed by atoms with Crippen molar-refractivity contribution in [3.63, 3.8) is 0 Å². The van der Waals surface area contributed by atoms with E-state index in [9.17, 15) is 4.79 Å². The highest BCUT2D eigenvalue weighted by Crippen LogP contribution is 2.32. The van der Waals surface area contributed by atoms with E-state index in [1.54, 1.807) is 13.2 Å². The van der Waals surface area contributed by atoms with E-state index in [1.807, 2.05) is 32.0 Å². The van der Waals surface area contributed by atoms with Gasteiger partial charge in [-0.25, -0.2) is 0 Å². The van der Waals surface area contributed by atoms with Crippen LogP contribution in [0.5, 0.6) is 17.2 Å². The summed E-state index contributed by atoms with van der Waals surface area (Å²) in [5.74, 6) is 1.19. The van der Waals surface area contributed by atoms with Crippen molar-refractivity contribution in [2.24, 2.45) is 0 Å². The molecule has 0 radical (unpaired) electrons. The van der Waals surface area contributed by atoms with Gasteiger partial charge in [0.1, 0.15) is 19.0 Å². The molecular weight excluding hydrogens is 332 g/mol. The number of carboxylic acids is 1. The average Bonchev–Trinajstić information content (AvgIpc) is 2.60. The summed E-state index contributed by atoms with van der Waals surface area (Å²) in [6.45, 7) is 6.87. The van der Waals surface area contributed by atoms with Gasteiger partial charge in [0.25, 0.3) is 0 Å². The molecule has 0 aliphatic heterocycles. The van der Waals surface area contributed by atoms with Crippen molar-refractivity contribution in [1.82, 2.24) is 0 Å². The van der Waals surface area contributed by atoms with Crippen LogP contribution in [-0.4, -0.2) is 31.4 Å². The van der Waals surface area contributed by atoms with Crippen LogP contribution in [0.15, 0.2) is 30.3 Å². The fourth-order valence-electron chi connectivity index (χ4n) is 2.77. The number of carbonyl (C=O) groups is 1. The van der Waals surface area contributed by atoms with Gasteiger partial charge in [-0.15, -0.1) is 0 Å². The minimum atomic E-state index is -0.840. The average molecular weight is 358 g/mol. The van der Waals surface area contributed by atoms with Crippen LogP contribution in [0.2, 0.25) is 0 Å². The van der Waals surface area contributed by atoms with Gasteiger partial charge in [-0.05, 0) is 61.6 Å². The van der Waals surface area contributed by atoms with E-state index in [1.165, 1.54) is 5.56 Å². The summed E-state index contributed by atoms with van der Waals surface area (Å²) in [6.07, 6.45) is 0.431. The maximum absolute atomic E-state index is 10.9. The van der Waals surface area contributed by atoms with E-state index >= 15 is 0 Å². The summed E-state index contributed by atoms with van der Waals surface area (Å²) >= 11 is 0. The predicted molar refractivity (Wildman–Crippen MR) is 101 cm³/mol. The highest BCUT2D eigenvalue weighted by atomic mass is 16.5. The number of aryl methyl sites for hydroxylation is 3. The van der Waals surface area contributed by atoms with E-state index in [2.05, 4.69) is 13.0 Å². The zero-order valence-electron chi connectivity index (χ0n) is 15.8. The third-order valence-electron chi connectivity index (χ3n) is 4.24. The minimum Gasteiger partial charge on any atom is -0.493 e. The number of hydrogen-bond acceptors (Lipinski definition) is 4. The molecule has 0 amide bonds. The molecule has 0 aliphatic carbocycles. The first-order chi connectivity index (χ1) is 12.4. The van der Waals surface area contributed by atoms with Crippen molar-refractivity contribution >= 4 is 5.97 Å². The molecule has 1 N–H and O–H groups in total. The van der Waals surface area contributed by atoms with E-state index in [0.29, 0.717) is 31.1 Å². The molecule has 0 bridgehead atoms. The molecule has 0 saturated carbocycles. The molecule has 0 aliphatic rings. The van der Waals surface area contributed by atoms with E-state index in [4.69, 9.17) is 19.3 Å². The van der Waals surface area contributed by atoms with Crippen LogP contribution in [0.1, 0.15) is 28.7 Å². The van der Waals surface area contributed by atoms with Crippen molar-refractivity contribution in [3.8, 4) is 17.2 Å². The van der Waals surface area contributed by atoms with E-state index in [0.717, 1.165) is 22.4 Å². The highest BCUT2D eigenvalue weighted by Gasteiger charge is 2.12. The van der Waals surface area contributed by atoms with Crippen LogP contribution in [0.3, 0.4) is 0 Å². The fraction of sp³-hybridized carbons (Fsp3) is 0.381. The maximum atomic E-state index is 10.9. The van der Waals surface area contributed by atoms with Gasteiger partial charge in [0, 0.05) is 6.42 Å². The Morgan fingerprint density at radius 3 is 2.46 bits per heavy atom. The Bertz CT molecular complexity index is 767. The molecule has 0 atom stereocenters. The number of rotatable bonds is 9. The Balaban J connectivity index is 2.02. The predicted octanol–water partition coefficient (Wildman–Crippen LogP) is 4.10. The minimum absolute atomic E-state index is 0.0434. The van der Waals surface area contributed by atoms with Gasteiger partial charge in [-0.1, -0.05) is 18.2 Å². The smallest absolute Gasteiger partial charge is 0.303 e. The quantitative estimate of drug-likeness (QED) is 0.684. The van der Waals surface area contributed by atoms with E-state index in [-0.39, 0.29) is 6.42 Å². The molecule has 2 rings (SSSR count). The summed E-state index contributed by atoms with van der Waals surface area (Å²) < 4.78 is 17.1. The number of carboxylic acid groups (broad SMARTS) is 1. The first kappa shape index (κ1) is 19.6. The zero-order chi connectivity index (χ0) is 19.1. The second-order valence-electron chi connectivity index (χ2n) is 6.24. The standard InChI is InChI=1S/C21H26O5/c1-14-12-15(2)16(3)19(13-14)25-10-11-26-21-17(8-9-20(22)23)6-5-7-18(21)24-4/h5-7,12-13H,8-11H2,1-4H3,(H,22,23). The Hall–Kier alpha value is -2.69. The number of ether oxygens (including phenoxy) is 3. The Morgan fingerprint density at radius 2 is 1.77 bits per heavy atom. The molecule has 2 aromatic rings. The van der Waals surface area contributed by atoms with Crippen molar-refractivity contribution in [2.45, 2.75) is 33.6 Å². The molecule has 5 heteroatoms. The first-order valence-corrected chi connectivity index (χ1v) is 8.63. The number of benzene rings is 2. The van der Waals surface area contributed by atoms with Crippen molar-refractivity contribution < 1.29 is 24.1 Å². The summed E-state index contributed by atoms with van der Waals surface area (Å²) in [4.78, 5) is 10.9. The van der Waals surface area contributed by atoms with Crippen molar-refractivity contribution in [3.05, 3.63) is 52.6 Å². The monoisotopic (exact) mass is 358 g/mol. The second-order valence-corrected chi connectivity index (χ2v) is 6.24. The molecule has 5 nitrogen and oxygen atoms in total. The molecule has 0 fully saturated rings. The number of hydrogen-bond donors (Lipinski definition) is 1. The highest BCUT2D eigenvalue weighted by molar-refractivity contribution is 5.67. The van der Waals surface area contributed by atoms with Crippen LogP contribution in [0.25, 0.3) is 0 Å². The van der Waals surface area contributed by atoms with Crippen LogP contribution in [0, 0.1) is 20.8 Å². The molecule has 140 valence electrons. The normalized spacial score (nSPS) is 10.5. The van der Waals surface area contributed by atoms with Crippen LogP contribution >= 0.6 is 0 Å². The van der Waals surface area contributed by atoms with Gasteiger partial charge in [-0.2, -0.15) is 0 Å². The largest absolute Gasteiger partial charge is 0.493 e. The van der Waals surface area contributed by atoms with Gasteiger partial charge in [-0.3, -0.25) is 4.79 Å². The summed E-state index contributed by atoms with van der Waals surface area (Å²) in [7, 11) is 1.57. The first-order valence-electron chi connectivity index (χ1n) is 8.63. The Labute approximate surface area is 154 Å². The van der Waals surface area contributed by atoms with Gasteiger partial charge in [0.15, 0.2) is 11.5 Å². The van der Waals surface area contributed by atoms with Gasteiger partial charge >= 0.3 is 5.97 Å². The van der Waals surface area contributed by atoms with Crippen LogP contribution in [0.4, 0.5) is 0 Å². The van der Waals surface area contributed by atoms with Crippen molar-refractivity contribution in [1.29, 1.82) is 0 Å². The summed E-state index contributed by atoms with van der Waals surface area (Å²) in [6, 6.07) is 9.63. The lowest BCUT2D eigenvalue weighted by Gasteiger charge is -2.16. The van der Waals surface area contributed by atoms with Crippen molar-refractivity contribution in [2.75, 3.05) is 20.3 Å². The number of aliphatic carboxylic acids is 1. The zero-order valence-corrected chi connectivity index (χ0v) is 15.8. The lowest BCUT2D eigenvalue weighted by molar-refractivity contribution is -0.136. The lowest BCUT2D eigenvalue weighted by atomic mass is 10.1. The summed E-state index contributed by atoms with van der Waals surface area (Å²) in [5, 5.41) is 8.91. The topological polar surface area (TPSA) is 65.0 Å². The molecule has 0 aromatic heterocycles. The third-order valence-corrected chi connectivity index (χ3v) is 4.24. The molecule has 2 aromatic carbocycles. The van der Waals surface area contributed by atoms with E-state index < -0.39 is 5.97 Å². The van der Waals surface area contributed by atoms with Gasteiger partial charge < -0.3 is 19.3 Å². The van der Waals surface area contributed by atoms with Crippen LogP contribution < -0.4 is 14.2 Å². The fourth-order valence-corrected chi connectivity index (χ4v) is 2.77. The second kappa shape index (κ2) is 9.13. The molecule has 26 heavy (non-hydrogen) atoms. The SMILES string of the molecule is COc1cccc(CCC(=O)O)c1OCCOc1cc(C)cc(C)c1C. The van der Waals surface area contributed by atoms with Gasteiger partial charge in [0.05, 0.1) is 7.11 Å². The Morgan fingerprint density at radius 1 is 1.04 bits per heavy atom. The summed E-state index contributed by atoms with van der Waals surface area (Å²) in [5.41, 5.74) is 4.29. The molecule has 0 saturated heterocycles. The number of methoxy groups -OCH3 is 1. The van der Waals surface area contributed by atoms with Crippen LogP contribution in [-0.2, 0) is 11.2 Å². The lowest BCUT2D eigenvalue weighted by Crippen LogP contribution is -2.12. The third kappa shape index (κ3) is 5.15. The number of para-hydroxylation sites is 1. The Kier molecular flexibility index (Phi) is 6.89. The molecule has 0 unspecified atom stereocenters. The van der Waals surface area contributed by atoms with Gasteiger partial charge in [0.2, 0.25) is 0 Å². The maximum Gasteiger partial charge on any atom is 0.303 e. The molecule has 0 heterocycles. The molecular formula is C21H26O5. The molecule has 0 spiro atoms.